The summed E-state index contributed by atoms with van der Waals surface area (Å²) in [6.45, 7) is 6.27. The van der Waals surface area contributed by atoms with Crippen LogP contribution in [0.25, 0.3) is 5.73 Å². The van der Waals surface area contributed by atoms with E-state index in [1.165, 1.54) is 0 Å². The SMILES string of the molecule is [B].[CH2-]C1(C([NH-])=O)Cc2ccc(NC(=O)NCC)cc2C1.[Y]. The second-order valence-corrected chi connectivity index (χ2v) is 4.93. The van der Waals surface area contributed by atoms with Crippen LogP contribution in [0.4, 0.5) is 10.5 Å². The minimum atomic E-state index is -0.868. The van der Waals surface area contributed by atoms with Crippen molar-refractivity contribution in [1.82, 2.24) is 5.32 Å². The first-order chi connectivity index (χ1) is 8.94. The maximum Gasteiger partial charge on any atom is 0.319 e. The number of carbonyl (C=O) groups is 2. The molecule has 1 aliphatic rings. The summed E-state index contributed by atoms with van der Waals surface area (Å²) >= 11 is 0. The molecule has 0 aliphatic heterocycles. The molecule has 0 spiro atoms. The van der Waals surface area contributed by atoms with Gasteiger partial charge in [0.25, 0.3) is 0 Å². The van der Waals surface area contributed by atoms with Gasteiger partial charge in [-0.3, -0.25) is 0 Å². The third-order valence-corrected chi connectivity index (χ3v) is 3.34. The Morgan fingerprint density at radius 1 is 1.33 bits per heavy atom. The smallest absolute Gasteiger partial charge is 0.319 e. The second kappa shape index (κ2) is 7.95. The van der Waals surface area contributed by atoms with Crippen LogP contribution in [-0.2, 0) is 50.3 Å². The van der Waals surface area contributed by atoms with Gasteiger partial charge in [-0.05, 0) is 43.0 Å². The number of urea groups is 1. The van der Waals surface area contributed by atoms with Crippen LogP contribution in [0.5, 0.6) is 0 Å². The van der Waals surface area contributed by atoms with Crippen molar-refractivity contribution in [1.29, 1.82) is 0 Å². The molecule has 0 aromatic heterocycles. The maximum atomic E-state index is 11.4. The number of hydrogen-bond donors (Lipinski definition) is 2. The molecule has 7 heteroatoms. The zero-order valence-electron chi connectivity index (χ0n) is 12.0. The molecule has 1 aromatic carbocycles. The molecule has 0 saturated carbocycles. The summed E-state index contributed by atoms with van der Waals surface area (Å²) in [5, 5.41) is 5.38. The van der Waals surface area contributed by atoms with Gasteiger partial charge in [0.15, 0.2) is 0 Å². The van der Waals surface area contributed by atoms with E-state index in [0.29, 0.717) is 25.1 Å². The van der Waals surface area contributed by atoms with Gasteiger partial charge in [-0.15, -0.1) is 5.41 Å². The van der Waals surface area contributed by atoms with Gasteiger partial charge in [0.2, 0.25) is 0 Å². The van der Waals surface area contributed by atoms with Gasteiger partial charge in [0.1, 0.15) is 0 Å². The second-order valence-electron chi connectivity index (χ2n) is 4.93. The van der Waals surface area contributed by atoms with Gasteiger partial charge in [-0.2, -0.15) is 0 Å². The predicted molar refractivity (Wildman–Crippen MR) is 79.4 cm³/mol. The van der Waals surface area contributed by atoms with Crippen molar-refractivity contribution in [3.8, 4) is 0 Å². The van der Waals surface area contributed by atoms with E-state index in [2.05, 4.69) is 17.6 Å². The first kappa shape index (κ1) is 20.1. The topological polar surface area (TPSA) is 82.0 Å². The van der Waals surface area contributed by atoms with Gasteiger partial charge in [0, 0.05) is 59.3 Å². The van der Waals surface area contributed by atoms with Crippen LogP contribution in [0.2, 0.25) is 0 Å². The Bertz CT molecular complexity index is 539. The molecule has 1 unspecified atom stereocenters. The van der Waals surface area contributed by atoms with Crippen molar-refractivity contribution in [3.63, 3.8) is 0 Å². The van der Waals surface area contributed by atoms with Crippen molar-refractivity contribution in [2.75, 3.05) is 11.9 Å². The van der Waals surface area contributed by atoms with Crippen molar-refractivity contribution in [2.45, 2.75) is 19.8 Å². The van der Waals surface area contributed by atoms with E-state index in [-0.39, 0.29) is 47.2 Å². The number of benzene rings is 1. The van der Waals surface area contributed by atoms with Crippen LogP contribution < -0.4 is 10.6 Å². The molecule has 0 heterocycles. The number of hydrogen-bond acceptors (Lipinski definition) is 2. The molecular formula is C14H17BN3O2Y-2. The normalized spacial score (nSPS) is 18.8. The Labute approximate surface area is 152 Å². The van der Waals surface area contributed by atoms with Crippen LogP contribution in [0.3, 0.4) is 0 Å². The van der Waals surface area contributed by atoms with E-state index in [1.54, 1.807) is 6.07 Å². The van der Waals surface area contributed by atoms with Crippen LogP contribution in [0.15, 0.2) is 18.2 Å². The first-order valence-corrected chi connectivity index (χ1v) is 6.22. The standard InChI is InChI=1S/C14H18N3O2.B.Y/c1-3-16-13(19)17-11-5-4-9-7-14(2,12(15)18)8-10(9)6-11;;/h4-6H,2-3,7-8H2,1H3,(H4,15,16,17,18,19);;/q-1;;/p-1. The van der Waals surface area contributed by atoms with Gasteiger partial charge in [0.05, 0.1) is 0 Å². The van der Waals surface area contributed by atoms with E-state index >= 15 is 0 Å². The van der Waals surface area contributed by atoms with Crippen LogP contribution in [0, 0.1) is 12.3 Å². The molecule has 4 radical (unpaired) electrons. The van der Waals surface area contributed by atoms with Crippen molar-refractivity contribution in [2.24, 2.45) is 5.41 Å². The molecule has 3 amide bonds. The number of fused-ring (bicyclic) bond motifs is 1. The molecule has 108 valence electrons. The summed E-state index contributed by atoms with van der Waals surface area (Å²) in [7, 11) is 0. The molecule has 1 atom stereocenters. The number of nitrogens with one attached hydrogen (secondary N) is 3. The Balaban J connectivity index is 0.00000200. The van der Waals surface area contributed by atoms with Gasteiger partial charge >= 0.3 is 6.03 Å². The Morgan fingerprint density at radius 2 is 1.95 bits per heavy atom. The number of rotatable bonds is 3. The van der Waals surface area contributed by atoms with E-state index in [0.717, 1.165) is 11.1 Å². The molecule has 1 aliphatic carbocycles. The minimum absolute atomic E-state index is 0. The fourth-order valence-corrected chi connectivity index (χ4v) is 2.33. The molecule has 2 rings (SSSR count). The largest absolute Gasteiger partial charge is 0.670 e. The van der Waals surface area contributed by atoms with E-state index in [4.69, 9.17) is 5.73 Å². The zero-order chi connectivity index (χ0) is 14.0. The third-order valence-electron chi connectivity index (χ3n) is 3.34. The molecule has 3 N–H and O–H groups in total. The minimum Gasteiger partial charge on any atom is -0.670 e. The number of carbonyl (C=O) groups excluding carboxylic acids is 2. The van der Waals surface area contributed by atoms with Crippen molar-refractivity contribution >= 4 is 26.0 Å². The summed E-state index contributed by atoms with van der Waals surface area (Å²) < 4.78 is 0. The molecule has 0 bridgehead atoms. The monoisotopic (exact) mass is 359 g/mol. The summed E-state index contributed by atoms with van der Waals surface area (Å²) in [5.41, 5.74) is 9.11. The van der Waals surface area contributed by atoms with Gasteiger partial charge in [-0.1, -0.05) is 6.07 Å². The van der Waals surface area contributed by atoms with E-state index < -0.39 is 11.3 Å². The molecule has 1 aromatic rings. The summed E-state index contributed by atoms with van der Waals surface area (Å²) in [6.07, 6.45) is 0.946. The summed E-state index contributed by atoms with van der Waals surface area (Å²) in [4.78, 5) is 22.7. The molecule has 0 fully saturated rings. The van der Waals surface area contributed by atoms with E-state index in [1.807, 2.05) is 19.1 Å². The molecule has 5 nitrogen and oxygen atoms in total. The number of anilines is 1. The quantitative estimate of drug-likeness (QED) is 0.639. The fourth-order valence-electron chi connectivity index (χ4n) is 2.33. The van der Waals surface area contributed by atoms with Crippen molar-refractivity contribution in [3.05, 3.63) is 42.0 Å². The number of amides is 3. The third kappa shape index (κ3) is 4.55. The average molecular weight is 359 g/mol. The van der Waals surface area contributed by atoms with Crippen LogP contribution in [-0.4, -0.2) is 26.9 Å². The van der Waals surface area contributed by atoms with Crippen LogP contribution >= 0.6 is 0 Å². The Kier molecular flexibility index (Phi) is 7.62. The maximum absolute atomic E-state index is 11.4. The summed E-state index contributed by atoms with van der Waals surface area (Å²) in [5.74, 6) is -0.637. The molecule has 21 heavy (non-hydrogen) atoms. The Morgan fingerprint density at radius 3 is 2.52 bits per heavy atom. The van der Waals surface area contributed by atoms with Crippen LogP contribution in [0.1, 0.15) is 18.1 Å². The Hall–Kier alpha value is -0.871. The fraction of sp³-hybridized carbons (Fsp3) is 0.357. The van der Waals surface area contributed by atoms with E-state index in [9.17, 15) is 9.59 Å². The van der Waals surface area contributed by atoms with Gasteiger partial charge < -0.3 is 28.1 Å². The average Bonchev–Trinajstić information content (AvgIpc) is 2.66. The predicted octanol–water partition coefficient (Wildman–Crippen LogP) is 1.94. The molecule has 0 saturated heterocycles. The summed E-state index contributed by atoms with van der Waals surface area (Å²) in [6, 6.07) is 5.28. The first-order valence-electron chi connectivity index (χ1n) is 6.22. The molecular weight excluding hydrogens is 342 g/mol. The van der Waals surface area contributed by atoms with Gasteiger partial charge in [-0.25, -0.2) is 4.79 Å². The zero-order valence-corrected chi connectivity index (χ0v) is 14.9. The van der Waals surface area contributed by atoms with Crippen molar-refractivity contribution < 1.29 is 42.3 Å².